The van der Waals surface area contributed by atoms with Crippen LogP contribution >= 0.6 is 0 Å². The monoisotopic (exact) mass is 274 g/mol. The number of benzene rings is 1. The predicted octanol–water partition coefficient (Wildman–Crippen LogP) is 1.26. The van der Waals surface area contributed by atoms with Gasteiger partial charge in [-0.25, -0.2) is 0 Å². The van der Waals surface area contributed by atoms with E-state index in [1.807, 2.05) is 30.3 Å². The molecular formula is C16H22N2O2. The highest BCUT2D eigenvalue weighted by Crippen LogP contribution is 2.17. The van der Waals surface area contributed by atoms with Crippen molar-refractivity contribution < 1.29 is 9.59 Å². The highest BCUT2D eigenvalue weighted by Gasteiger charge is 2.24. The summed E-state index contributed by atoms with van der Waals surface area (Å²) in [7, 11) is 1.68. The van der Waals surface area contributed by atoms with Gasteiger partial charge >= 0.3 is 0 Å². The summed E-state index contributed by atoms with van der Waals surface area (Å²) in [6, 6.07) is 9.83. The molecule has 20 heavy (non-hydrogen) atoms. The Labute approximate surface area is 120 Å². The molecule has 1 aliphatic heterocycles. The molecule has 4 nitrogen and oxygen atoms in total. The van der Waals surface area contributed by atoms with Gasteiger partial charge < -0.3 is 5.32 Å². The zero-order valence-electron chi connectivity index (χ0n) is 12.0. The second-order valence-corrected chi connectivity index (χ2v) is 5.37. The molecule has 1 amide bonds. The summed E-state index contributed by atoms with van der Waals surface area (Å²) in [4.78, 5) is 25.7. The van der Waals surface area contributed by atoms with Crippen molar-refractivity contribution in [2.24, 2.45) is 5.92 Å². The lowest BCUT2D eigenvalue weighted by Crippen LogP contribution is -2.41. The number of hydrogen-bond acceptors (Lipinski definition) is 3. The van der Waals surface area contributed by atoms with E-state index in [0.29, 0.717) is 13.0 Å². The molecule has 2 rings (SSSR count). The number of likely N-dealkylation sites (tertiary alicyclic amines) is 1. The number of amides is 1. The van der Waals surface area contributed by atoms with Crippen molar-refractivity contribution in [3.05, 3.63) is 35.9 Å². The normalized spacial score (nSPS) is 16.9. The Balaban J connectivity index is 1.75. The van der Waals surface area contributed by atoms with Crippen LogP contribution in [0.3, 0.4) is 0 Å². The van der Waals surface area contributed by atoms with Crippen LogP contribution in [0.25, 0.3) is 0 Å². The number of carbonyl (C=O) groups excluding carboxylic acids is 2. The fourth-order valence-corrected chi connectivity index (χ4v) is 2.69. The molecule has 108 valence electrons. The number of nitrogens with zero attached hydrogens (tertiary/aromatic N) is 1. The van der Waals surface area contributed by atoms with Crippen LogP contribution in [0.4, 0.5) is 0 Å². The minimum absolute atomic E-state index is 0.112. The standard InChI is InChI=1S/C16H22N2O2/c1-17-16(20)14-7-9-18(10-8-14)12-15(19)11-13-5-3-2-4-6-13/h2-6,14H,7-12H2,1H3,(H,17,20). The number of hydrogen-bond donors (Lipinski definition) is 1. The zero-order valence-corrected chi connectivity index (χ0v) is 12.0. The molecule has 0 atom stereocenters. The summed E-state index contributed by atoms with van der Waals surface area (Å²) in [5, 5.41) is 2.70. The SMILES string of the molecule is CNC(=O)C1CCN(CC(=O)Cc2ccccc2)CC1. The first-order valence-electron chi connectivity index (χ1n) is 7.18. The van der Waals surface area contributed by atoms with Gasteiger partial charge in [0.2, 0.25) is 5.91 Å². The van der Waals surface area contributed by atoms with E-state index in [0.717, 1.165) is 31.5 Å². The predicted molar refractivity (Wildman–Crippen MR) is 78.4 cm³/mol. The van der Waals surface area contributed by atoms with Crippen LogP contribution in [0.1, 0.15) is 18.4 Å². The Bertz CT molecular complexity index is 451. The van der Waals surface area contributed by atoms with Crippen molar-refractivity contribution >= 4 is 11.7 Å². The van der Waals surface area contributed by atoms with Crippen LogP contribution in [-0.4, -0.2) is 43.3 Å². The van der Waals surface area contributed by atoms with Gasteiger partial charge in [0.25, 0.3) is 0 Å². The highest BCUT2D eigenvalue weighted by molar-refractivity contribution is 5.83. The van der Waals surface area contributed by atoms with Crippen LogP contribution in [-0.2, 0) is 16.0 Å². The fraction of sp³-hybridized carbons (Fsp3) is 0.500. The Morgan fingerprint density at radius 3 is 2.45 bits per heavy atom. The molecule has 0 aromatic heterocycles. The van der Waals surface area contributed by atoms with Crippen LogP contribution in [0.2, 0.25) is 0 Å². The van der Waals surface area contributed by atoms with E-state index < -0.39 is 0 Å². The number of nitrogens with one attached hydrogen (secondary N) is 1. The lowest BCUT2D eigenvalue weighted by molar-refractivity contribution is -0.126. The number of carbonyl (C=O) groups is 2. The second kappa shape index (κ2) is 7.20. The number of ketones is 1. The molecule has 0 unspecified atom stereocenters. The maximum Gasteiger partial charge on any atom is 0.222 e. The number of piperidine rings is 1. The molecule has 1 aromatic carbocycles. The lowest BCUT2D eigenvalue weighted by Gasteiger charge is -2.30. The molecule has 1 fully saturated rings. The first-order valence-corrected chi connectivity index (χ1v) is 7.18. The smallest absolute Gasteiger partial charge is 0.222 e. The van der Waals surface area contributed by atoms with Crippen molar-refractivity contribution in [2.45, 2.75) is 19.3 Å². The van der Waals surface area contributed by atoms with Crippen LogP contribution < -0.4 is 5.32 Å². The molecule has 0 spiro atoms. The van der Waals surface area contributed by atoms with E-state index in [9.17, 15) is 9.59 Å². The van der Waals surface area contributed by atoms with Crippen LogP contribution in [0, 0.1) is 5.92 Å². The largest absolute Gasteiger partial charge is 0.359 e. The molecular weight excluding hydrogens is 252 g/mol. The van der Waals surface area contributed by atoms with Crippen molar-refractivity contribution in [1.82, 2.24) is 10.2 Å². The quantitative estimate of drug-likeness (QED) is 0.879. The third-order valence-corrected chi connectivity index (χ3v) is 3.85. The topological polar surface area (TPSA) is 49.4 Å². The average Bonchev–Trinajstić information content (AvgIpc) is 2.48. The van der Waals surface area contributed by atoms with E-state index >= 15 is 0 Å². The zero-order chi connectivity index (χ0) is 14.4. The van der Waals surface area contributed by atoms with E-state index in [2.05, 4.69) is 10.2 Å². The summed E-state index contributed by atoms with van der Waals surface area (Å²) in [5.41, 5.74) is 1.07. The van der Waals surface area contributed by atoms with Gasteiger partial charge in [0.05, 0.1) is 6.54 Å². The molecule has 1 heterocycles. The third kappa shape index (κ3) is 4.17. The molecule has 0 saturated carbocycles. The maximum atomic E-state index is 12.0. The first kappa shape index (κ1) is 14.7. The molecule has 1 aliphatic rings. The van der Waals surface area contributed by atoms with E-state index in [4.69, 9.17) is 0 Å². The lowest BCUT2D eigenvalue weighted by atomic mass is 9.95. The number of Topliss-reactive ketones (excluding diaryl/α,β-unsaturated/α-hetero) is 1. The third-order valence-electron chi connectivity index (χ3n) is 3.85. The summed E-state index contributed by atoms with van der Waals surface area (Å²) < 4.78 is 0. The molecule has 1 N–H and O–H groups in total. The van der Waals surface area contributed by atoms with Crippen molar-refractivity contribution in [3.63, 3.8) is 0 Å². The van der Waals surface area contributed by atoms with Gasteiger partial charge in [0, 0.05) is 19.4 Å². The van der Waals surface area contributed by atoms with Gasteiger partial charge in [-0.2, -0.15) is 0 Å². The highest BCUT2D eigenvalue weighted by atomic mass is 16.1. The second-order valence-electron chi connectivity index (χ2n) is 5.37. The van der Waals surface area contributed by atoms with Gasteiger partial charge in [0.15, 0.2) is 5.78 Å². The van der Waals surface area contributed by atoms with Gasteiger partial charge in [-0.15, -0.1) is 0 Å². The van der Waals surface area contributed by atoms with Crippen molar-refractivity contribution in [3.8, 4) is 0 Å². The average molecular weight is 274 g/mol. The molecule has 0 radical (unpaired) electrons. The van der Waals surface area contributed by atoms with Gasteiger partial charge in [0.1, 0.15) is 0 Å². The molecule has 0 bridgehead atoms. The van der Waals surface area contributed by atoms with Crippen molar-refractivity contribution in [2.75, 3.05) is 26.7 Å². The van der Waals surface area contributed by atoms with Gasteiger partial charge in [-0.3, -0.25) is 14.5 Å². The Kier molecular flexibility index (Phi) is 5.30. The maximum absolute atomic E-state index is 12.0. The van der Waals surface area contributed by atoms with Crippen LogP contribution in [0.5, 0.6) is 0 Å². The minimum atomic E-state index is 0.112. The summed E-state index contributed by atoms with van der Waals surface area (Å²) in [6.07, 6.45) is 2.19. The summed E-state index contributed by atoms with van der Waals surface area (Å²) in [6.45, 7) is 2.16. The summed E-state index contributed by atoms with van der Waals surface area (Å²) in [5.74, 6) is 0.482. The van der Waals surface area contributed by atoms with Gasteiger partial charge in [-0.05, 0) is 31.5 Å². The van der Waals surface area contributed by atoms with E-state index in [1.165, 1.54) is 0 Å². The number of rotatable bonds is 5. The first-order chi connectivity index (χ1) is 9.69. The molecule has 4 heteroatoms. The Morgan fingerprint density at radius 1 is 1.20 bits per heavy atom. The fourth-order valence-electron chi connectivity index (χ4n) is 2.69. The van der Waals surface area contributed by atoms with E-state index in [-0.39, 0.29) is 17.6 Å². The molecule has 0 aliphatic carbocycles. The Hall–Kier alpha value is -1.68. The van der Waals surface area contributed by atoms with Gasteiger partial charge in [-0.1, -0.05) is 30.3 Å². The Morgan fingerprint density at radius 2 is 1.85 bits per heavy atom. The van der Waals surface area contributed by atoms with Crippen molar-refractivity contribution in [1.29, 1.82) is 0 Å². The van der Waals surface area contributed by atoms with E-state index in [1.54, 1.807) is 7.05 Å². The summed E-state index contributed by atoms with van der Waals surface area (Å²) >= 11 is 0. The van der Waals surface area contributed by atoms with Crippen LogP contribution in [0.15, 0.2) is 30.3 Å². The molecule has 1 saturated heterocycles. The minimum Gasteiger partial charge on any atom is -0.359 e. The molecule has 1 aromatic rings.